The number of nitrogens with one attached hydrogen (secondary N) is 1. The third-order valence-electron chi connectivity index (χ3n) is 8.15. The van der Waals surface area contributed by atoms with Gasteiger partial charge in [-0.15, -0.1) is 34.0 Å². The summed E-state index contributed by atoms with van der Waals surface area (Å²) in [7, 11) is 0. The Hall–Kier alpha value is -4.62. The second kappa shape index (κ2) is 8.94. The van der Waals surface area contributed by atoms with Crippen molar-refractivity contribution in [2.75, 3.05) is 16.8 Å². The van der Waals surface area contributed by atoms with Gasteiger partial charge in [0.15, 0.2) is 0 Å². The van der Waals surface area contributed by atoms with Crippen molar-refractivity contribution in [1.82, 2.24) is 0 Å². The third kappa shape index (κ3) is 3.63. The van der Waals surface area contributed by atoms with Crippen molar-refractivity contribution in [3.63, 3.8) is 0 Å². The summed E-state index contributed by atoms with van der Waals surface area (Å²) in [6.45, 7) is 0. The fourth-order valence-electron chi connectivity index (χ4n) is 6.16. The van der Waals surface area contributed by atoms with Crippen molar-refractivity contribution >= 4 is 117 Å². The second-order valence-corrected chi connectivity index (χ2v) is 14.0. The smallest absolute Gasteiger partial charge is 0.0488 e. The predicted molar refractivity (Wildman–Crippen MR) is 189 cm³/mol. The zero-order chi connectivity index (χ0) is 27.9. The Morgan fingerprint density at radius 3 is 2.02 bits per heavy atom. The molecule has 0 amide bonds. The Morgan fingerprint density at radius 2 is 1.10 bits per heavy atom. The minimum Gasteiger partial charge on any atom is -0.399 e. The van der Waals surface area contributed by atoms with Gasteiger partial charge in [0.2, 0.25) is 0 Å². The van der Waals surface area contributed by atoms with E-state index in [1.807, 2.05) is 17.4 Å². The van der Waals surface area contributed by atoms with E-state index in [9.17, 15) is 0 Å². The molecule has 3 heterocycles. The second-order valence-electron chi connectivity index (χ2n) is 10.7. The fraction of sp³-hybridized carbons (Fsp3) is 0. The molecule has 9 aromatic rings. The molecule has 0 saturated carbocycles. The zero-order valence-electron chi connectivity index (χ0n) is 22.3. The Bertz CT molecular complexity index is 2530. The van der Waals surface area contributed by atoms with Crippen LogP contribution in [0.1, 0.15) is 0 Å². The van der Waals surface area contributed by atoms with E-state index in [1.54, 1.807) is 22.7 Å². The highest BCUT2D eigenvalue weighted by Gasteiger charge is 2.14. The number of hydrogen-bond acceptors (Lipinski definition) is 6. The number of hydrogen-bond donors (Lipinski definition) is 3. The quantitative estimate of drug-likeness (QED) is 0.179. The lowest BCUT2D eigenvalue weighted by molar-refractivity contribution is 1.61. The molecule has 9 rings (SSSR count). The Labute approximate surface area is 253 Å². The van der Waals surface area contributed by atoms with E-state index in [1.165, 1.54) is 60.5 Å². The van der Waals surface area contributed by atoms with Gasteiger partial charge in [0.25, 0.3) is 0 Å². The first-order valence-electron chi connectivity index (χ1n) is 13.7. The van der Waals surface area contributed by atoms with Crippen LogP contribution in [-0.2, 0) is 0 Å². The lowest BCUT2D eigenvalue weighted by Crippen LogP contribution is -1.91. The molecule has 6 heteroatoms. The van der Waals surface area contributed by atoms with Crippen molar-refractivity contribution in [3.05, 3.63) is 109 Å². The lowest BCUT2D eigenvalue weighted by Gasteiger charge is -2.08. The summed E-state index contributed by atoms with van der Waals surface area (Å²) >= 11 is 5.41. The van der Waals surface area contributed by atoms with E-state index in [-0.39, 0.29) is 0 Å². The molecule has 0 radical (unpaired) electrons. The number of anilines is 4. The fourth-order valence-corrected chi connectivity index (χ4v) is 9.60. The number of rotatable bonds is 3. The van der Waals surface area contributed by atoms with Gasteiger partial charge in [-0.3, -0.25) is 0 Å². The molecule has 0 unspecified atom stereocenters. The molecule has 6 aromatic carbocycles. The summed E-state index contributed by atoms with van der Waals surface area (Å²) in [4.78, 5) is 0. The summed E-state index contributed by atoms with van der Waals surface area (Å²) in [6.07, 6.45) is 0. The molecule has 0 bridgehead atoms. The van der Waals surface area contributed by atoms with E-state index in [0.29, 0.717) is 0 Å². The highest BCUT2D eigenvalue weighted by atomic mass is 32.1. The van der Waals surface area contributed by atoms with Crippen molar-refractivity contribution < 1.29 is 0 Å². The molecule has 0 spiro atoms. The summed E-state index contributed by atoms with van der Waals surface area (Å²) in [5, 5.41) is 11.1. The van der Waals surface area contributed by atoms with E-state index >= 15 is 0 Å². The SMILES string of the molecule is Nc1ccc2c(c1)sc1cc(Nc3ccc4sc5cc(-c6ccc7sc8ccccc8c7c6N)ccc5c4c3)ccc12. The van der Waals surface area contributed by atoms with Gasteiger partial charge < -0.3 is 16.8 Å². The largest absolute Gasteiger partial charge is 0.399 e. The standard InChI is InChI=1S/C36H23N3S3/c37-20-6-10-24-25-11-7-22(18-34(25)42-33(24)16-20)39-21-8-13-30-28(17-21)26-9-5-19(15-32(26)41-30)23-12-14-31-35(36(23)38)27-3-1-2-4-29(27)40-31/h1-18,39H,37-38H2. The molecular formula is C36H23N3S3. The van der Waals surface area contributed by atoms with Crippen LogP contribution in [0.4, 0.5) is 22.7 Å². The van der Waals surface area contributed by atoms with Crippen molar-refractivity contribution in [2.24, 2.45) is 0 Å². The van der Waals surface area contributed by atoms with Crippen molar-refractivity contribution in [2.45, 2.75) is 0 Å². The van der Waals surface area contributed by atoms with Crippen LogP contribution in [0.3, 0.4) is 0 Å². The minimum atomic E-state index is 0.802. The van der Waals surface area contributed by atoms with Crippen molar-refractivity contribution in [3.8, 4) is 11.1 Å². The Morgan fingerprint density at radius 1 is 0.452 bits per heavy atom. The topological polar surface area (TPSA) is 64.1 Å². The Balaban J connectivity index is 1.09. The first-order chi connectivity index (χ1) is 20.6. The van der Waals surface area contributed by atoms with Crippen LogP contribution in [0.25, 0.3) is 71.6 Å². The molecule has 0 aliphatic carbocycles. The van der Waals surface area contributed by atoms with Gasteiger partial charge in [-0.25, -0.2) is 0 Å². The first-order valence-corrected chi connectivity index (χ1v) is 16.2. The van der Waals surface area contributed by atoms with Crippen LogP contribution in [0, 0.1) is 0 Å². The van der Waals surface area contributed by atoms with Gasteiger partial charge in [-0.05, 0) is 66.2 Å². The van der Waals surface area contributed by atoms with Gasteiger partial charge >= 0.3 is 0 Å². The van der Waals surface area contributed by atoms with Gasteiger partial charge in [0.05, 0.1) is 0 Å². The number of thiophene rings is 3. The van der Waals surface area contributed by atoms with E-state index < -0.39 is 0 Å². The molecule has 0 aliphatic heterocycles. The molecule has 3 nitrogen and oxygen atoms in total. The zero-order valence-corrected chi connectivity index (χ0v) is 24.7. The van der Waals surface area contributed by atoms with Crippen molar-refractivity contribution in [1.29, 1.82) is 0 Å². The number of benzene rings is 6. The first kappa shape index (κ1) is 24.0. The molecule has 3 aromatic heterocycles. The molecule has 200 valence electrons. The van der Waals surface area contributed by atoms with Gasteiger partial charge in [-0.1, -0.05) is 48.5 Å². The van der Waals surface area contributed by atoms with Crippen LogP contribution < -0.4 is 16.8 Å². The van der Waals surface area contributed by atoms with Crippen LogP contribution >= 0.6 is 34.0 Å². The maximum atomic E-state index is 6.83. The summed E-state index contributed by atoms with van der Waals surface area (Å²) in [5.41, 5.74) is 18.9. The van der Waals surface area contributed by atoms with Crippen LogP contribution in [0.15, 0.2) is 109 Å². The minimum absolute atomic E-state index is 0.802. The van der Waals surface area contributed by atoms with Crippen LogP contribution in [-0.4, -0.2) is 0 Å². The molecule has 0 fully saturated rings. The monoisotopic (exact) mass is 593 g/mol. The molecule has 0 saturated heterocycles. The summed E-state index contributed by atoms with van der Waals surface area (Å²) < 4.78 is 7.52. The average Bonchev–Trinajstić information content (AvgIpc) is 3.67. The number of nitrogen functional groups attached to an aromatic ring is 2. The predicted octanol–water partition coefficient (Wildman–Crippen LogP) is 11.4. The molecule has 5 N–H and O–H groups in total. The summed E-state index contributed by atoms with van der Waals surface area (Å²) in [5.74, 6) is 0. The highest BCUT2D eigenvalue weighted by molar-refractivity contribution is 7.26. The molecular weight excluding hydrogens is 571 g/mol. The van der Waals surface area contributed by atoms with Crippen LogP contribution in [0.2, 0.25) is 0 Å². The maximum absolute atomic E-state index is 6.83. The van der Waals surface area contributed by atoms with Gasteiger partial charge in [-0.2, -0.15) is 0 Å². The Kier molecular flexibility index (Phi) is 5.11. The van der Waals surface area contributed by atoms with Crippen LogP contribution in [0.5, 0.6) is 0 Å². The lowest BCUT2D eigenvalue weighted by atomic mass is 9.99. The third-order valence-corrected chi connectivity index (χ3v) is 11.5. The normalized spacial score (nSPS) is 12.0. The number of nitrogens with two attached hydrogens (primary N) is 2. The van der Waals surface area contributed by atoms with E-state index in [0.717, 1.165) is 33.9 Å². The maximum Gasteiger partial charge on any atom is 0.0488 e. The van der Waals surface area contributed by atoms with Gasteiger partial charge in [0, 0.05) is 88.8 Å². The summed E-state index contributed by atoms with van der Waals surface area (Å²) in [6, 6.07) is 39.1. The molecule has 0 aliphatic rings. The molecule has 42 heavy (non-hydrogen) atoms. The number of fused-ring (bicyclic) bond motifs is 9. The average molecular weight is 594 g/mol. The molecule has 0 atom stereocenters. The van der Waals surface area contributed by atoms with E-state index in [4.69, 9.17) is 11.5 Å². The van der Waals surface area contributed by atoms with Gasteiger partial charge in [0.1, 0.15) is 0 Å². The van der Waals surface area contributed by atoms with E-state index in [2.05, 4.69) is 108 Å². The highest BCUT2D eigenvalue weighted by Crippen LogP contribution is 2.44.